The number of rotatable bonds is 6. The Morgan fingerprint density at radius 2 is 2.16 bits per heavy atom. The van der Waals surface area contributed by atoms with Crippen LogP contribution in [0.2, 0.25) is 0 Å². The number of carbonyl (C=O) groups is 2. The molecule has 0 atom stereocenters. The monoisotopic (exact) mass is 364 g/mol. The zero-order valence-electron chi connectivity index (χ0n) is 13.9. The summed E-state index contributed by atoms with van der Waals surface area (Å²) in [5.74, 6) is -0.138. The zero-order valence-corrected chi connectivity index (χ0v) is 14.7. The molecule has 0 aliphatic carbocycles. The Kier molecular flexibility index (Phi) is 5.79. The van der Waals surface area contributed by atoms with Crippen molar-refractivity contribution in [2.75, 3.05) is 38.2 Å². The Bertz CT molecular complexity index is 736. The van der Waals surface area contributed by atoms with Gasteiger partial charge in [-0.1, -0.05) is 0 Å². The number of aryl methyl sites for hydroxylation is 1. The molecule has 1 saturated heterocycles. The van der Waals surface area contributed by atoms with Crippen molar-refractivity contribution >= 4 is 28.3 Å². The molecule has 25 heavy (non-hydrogen) atoms. The first-order valence-electron chi connectivity index (χ1n) is 7.98. The quantitative estimate of drug-likeness (QED) is 0.801. The molecule has 134 valence electrons. The van der Waals surface area contributed by atoms with Crippen molar-refractivity contribution in [3.8, 4) is 0 Å². The van der Waals surface area contributed by atoms with Crippen LogP contribution in [0.15, 0.2) is 22.1 Å². The molecule has 8 nitrogen and oxygen atoms in total. The molecule has 0 radical (unpaired) electrons. The predicted octanol–water partition coefficient (Wildman–Crippen LogP) is 1.25. The van der Waals surface area contributed by atoms with Crippen LogP contribution >= 0.6 is 11.3 Å². The van der Waals surface area contributed by atoms with E-state index in [1.54, 1.807) is 13.0 Å². The Balaban J connectivity index is 1.45. The number of amides is 2. The van der Waals surface area contributed by atoms with Gasteiger partial charge in [-0.05, 0) is 13.0 Å². The summed E-state index contributed by atoms with van der Waals surface area (Å²) in [6, 6.07) is 1.57. The lowest BCUT2D eigenvalue weighted by Gasteiger charge is -2.25. The van der Waals surface area contributed by atoms with E-state index >= 15 is 0 Å². The summed E-state index contributed by atoms with van der Waals surface area (Å²) in [6.07, 6.45) is 1.44. The first-order valence-corrected chi connectivity index (χ1v) is 8.86. The fourth-order valence-electron chi connectivity index (χ4n) is 2.47. The molecule has 3 rings (SSSR count). The van der Waals surface area contributed by atoms with E-state index < -0.39 is 0 Å². The summed E-state index contributed by atoms with van der Waals surface area (Å²) in [4.78, 5) is 30.6. The van der Waals surface area contributed by atoms with Crippen LogP contribution in [0, 0.1) is 6.92 Å². The number of anilines is 1. The summed E-state index contributed by atoms with van der Waals surface area (Å²) >= 11 is 1.37. The number of morpholine rings is 1. The summed E-state index contributed by atoms with van der Waals surface area (Å²) in [6.45, 7) is 5.57. The minimum atomic E-state index is -0.339. The topological polar surface area (TPSA) is 96.7 Å². The smallest absolute Gasteiger partial charge is 0.255 e. The molecule has 2 aromatic rings. The average molecular weight is 364 g/mol. The van der Waals surface area contributed by atoms with Crippen LogP contribution in [-0.2, 0) is 16.1 Å². The van der Waals surface area contributed by atoms with E-state index in [1.807, 2.05) is 5.38 Å². The molecule has 0 unspecified atom stereocenters. The van der Waals surface area contributed by atoms with Crippen molar-refractivity contribution in [2.24, 2.45) is 0 Å². The second kappa shape index (κ2) is 8.24. The van der Waals surface area contributed by atoms with Gasteiger partial charge in [0.05, 0.1) is 37.3 Å². The standard InChI is InChI=1S/C16H20N4O4S/c1-11-13(2-5-24-11)15(22)17-8-14(21)19-16-18-12(10-25-16)9-20-3-6-23-7-4-20/h2,5,10H,3-4,6-9H2,1H3,(H,17,22)(H,18,19,21). The number of aromatic nitrogens is 1. The van der Waals surface area contributed by atoms with Gasteiger partial charge in [0.25, 0.3) is 5.91 Å². The van der Waals surface area contributed by atoms with Crippen molar-refractivity contribution in [1.29, 1.82) is 0 Å². The number of furan rings is 1. The third kappa shape index (κ3) is 4.88. The lowest BCUT2D eigenvalue weighted by molar-refractivity contribution is -0.115. The zero-order chi connectivity index (χ0) is 17.6. The van der Waals surface area contributed by atoms with Crippen LogP contribution in [-0.4, -0.2) is 54.5 Å². The number of hydrogen-bond donors (Lipinski definition) is 2. The van der Waals surface area contributed by atoms with E-state index in [0.29, 0.717) is 16.5 Å². The third-order valence-corrected chi connectivity index (χ3v) is 4.61. The minimum absolute atomic E-state index is 0.123. The van der Waals surface area contributed by atoms with Gasteiger partial charge in [-0.2, -0.15) is 0 Å². The summed E-state index contributed by atoms with van der Waals surface area (Å²) in [7, 11) is 0. The number of carbonyl (C=O) groups excluding carboxylic acids is 2. The summed E-state index contributed by atoms with van der Waals surface area (Å²) < 4.78 is 10.4. The lowest BCUT2D eigenvalue weighted by Crippen LogP contribution is -2.35. The first-order chi connectivity index (χ1) is 12.1. The largest absolute Gasteiger partial charge is 0.469 e. The molecule has 2 N–H and O–H groups in total. The van der Waals surface area contributed by atoms with E-state index in [-0.39, 0.29) is 18.4 Å². The molecule has 9 heteroatoms. The second-order valence-corrected chi connectivity index (χ2v) is 6.51. The van der Waals surface area contributed by atoms with Crippen LogP contribution in [0.25, 0.3) is 0 Å². The van der Waals surface area contributed by atoms with E-state index in [2.05, 4.69) is 20.5 Å². The van der Waals surface area contributed by atoms with Crippen LogP contribution < -0.4 is 10.6 Å². The Morgan fingerprint density at radius 1 is 1.36 bits per heavy atom. The van der Waals surface area contributed by atoms with Crippen molar-refractivity contribution in [3.63, 3.8) is 0 Å². The molecule has 0 aromatic carbocycles. The van der Waals surface area contributed by atoms with Gasteiger partial charge in [-0.15, -0.1) is 11.3 Å². The van der Waals surface area contributed by atoms with Crippen molar-refractivity contribution < 1.29 is 18.7 Å². The minimum Gasteiger partial charge on any atom is -0.469 e. The van der Waals surface area contributed by atoms with Gasteiger partial charge in [0.2, 0.25) is 5.91 Å². The fourth-order valence-corrected chi connectivity index (χ4v) is 3.18. The van der Waals surface area contributed by atoms with Gasteiger partial charge in [0.1, 0.15) is 5.76 Å². The van der Waals surface area contributed by atoms with Crippen molar-refractivity contribution in [3.05, 3.63) is 34.7 Å². The fraction of sp³-hybridized carbons (Fsp3) is 0.438. The molecule has 2 amide bonds. The lowest BCUT2D eigenvalue weighted by atomic mass is 10.2. The van der Waals surface area contributed by atoms with Gasteiger partial charge < -0.3 is 19.8 Å². The molecule has 2 aromatic heterocycles. The maximum atomic E-state index is 12.0. The van der Waals surface area contributed by atoms with Crippen molar-refractivity contribution in [2.45, 2.75) is 13.5 Å². The maximum absolute atomic E-state index is 12.0. The molecule has 0 bridgehead atoms. The third-order valence-electron chi connectivity index (χ3n) is 3.80. The van der Waals surface area contributed by atoms with E-state index in [1.165, 1.54) is 17.6 Å². The molecule has 1 fully saturated rings. The normalized spacial score (nSPS) is 15.1. The highest BCUT2D eigenvalue weighted by Gasteiger charge is 2.15. The first kappa shape index (κ1) is 17.6. The van der Waals surface area contributed by atoms with Crippen LogP contribution in [0.1, 0.15) is 21.8 Å². The van der Waals surface area contributed by atoms with Crippen LogP contribution in [0.3, 0.4) is 0 Å². The molecule has 0 spiro atoms. The van der Waals surface area contributed by atoms with Crippen LogP contribution in [0.5, 0.6) is 0 Å². The molecular weight excluding hydrogens is 344 g/mol. The summed E-state index contributed by atoms with van der Waals surface area (Å²) in [5.41, 5.74) is 1.34. The summed E-state index contributed by atoms with van der Waals surface area (Å²) in [5, 5.41) is 7.72. The molecule has 1 aliphatic heterocycles. The van der Waals surface area contributed by atoms with Gasteiger partial charge in [0, 0.05) is 25.0 Å². The Hall–Kier alpha value is -2.23. The SMILES string of the molecule is Cc1occc1C(=O)NCC(=O)Nc1nc(CN2CCOCC2)cs1. The maximum Gasteiger partial charge on any atom is 0.255 e. The highest BCUT2D eigenvalue weighted by Crippen LogP contribution is 2.17. The molecule has 1 aliphatic rings. The second-order valence-electron chi connectivity index (χ2n) is 5.65. The Labute approximate surface area is 149 Å². The van der Waals surface area contributed by atoms with Crippen molar-refractivity contribution in [1.82, 2.24) is 15.2 Å². The van der Waals surface area contributed by atoms with Gasteiger partial charge in [-0.3, -0.25) is 14.5 Å². The number of nitrogens with one attached hydrogen (secondary N) is 2. The molecular formula is C16H20N4O4S. The van der Waals surface area contributed by atoms with Gasteiger partial charge in [-0.25, -0.2) is 4.98 Å². The highest BCUT2D eigenvalue weighted by atomic mass is 32.1. The van der Waals surface area contributed by atoms with E-state index in [9.17, 15) is 9.59 Å². The Morgan fingerprint density at radius 3 is 2.88 bits per heavy atom. The number of ether oxygens (including phenoxy) is 1. The number of thiazole rings is 1. The van der Waals surface area contributed by atoms with E-state index in [4.69, 9.17) is 9.15 Å². The highest BCUT2D eigenvalue weighted by molar-refractivity contribution is 7.13. The average Bonchev–Trinajstić information content (AvgIpc) is 3.22. The van der Waals surface area contributed by atoms with Gasteiger partial charge >= 0.3 is 0 Å². The predicted molar refractivity (Wildman–Crippen MR) is 92.6 cm³/mol. The van der Waals surface area contributed by atoms with Crippen LogP contribution in [0.4, 0.5) is 5.13 Å². The van der Waals surface area contributed by atoms with E-state index in [0.717, 1.165) is 38.5 Å². The number of nitrogens with zero attached hydrogens (tertiary/aromatic N) is 2. The van der Waals surface area contributed by atoms with Gasteiger partial charge in [0.15, 0.2) is 5.13 Å². The molecule has 0 saturated carbocycles. The number of hydrogen-bond acceptors (Lipinski definition) is 7. The molecule has 3 heterocycles.